The highest BCUT2D eigenvalue weighted by Crippen LogP contribution is 2.17. The maximum atomic E-state index is 10.6. The summed E-state index contributed by atoms with van der Waals surface area (Å²) in [7, 11) is 0. The van der Waals surface area contributed by atoms with Crippen LogP contribution < -0.4 is 4.90 Å². The van der Waals surface area contributed by atoms with E-state index in [1.165, 1.54) is 5.69 Å². The van der Waals surface area contributed by atoms with Gasteiger partial charge in [0.2, 0.25) is 0 Å². The normalized spacial score (nSPS) is 9.93. The lowest BCUT2D eigenvalue weighted by Gasteiger charge is -2.21. The van der Waals surface area contributed by atoms with Crippen molar-refractivity contribution in [2.75, 3.05) is 18.0 Å². The van der Waals surface area contributed by atoms with Crippen LogP contribution in [0.4, 0.5) is 5.69 Å². The minimum Gasteiger partial charge on any atom is -0.372 e. The maximum absolute atomic E-state index is 10.6. The van der Waals surface area contributed by atoms with Gasteiger partial charge in [-0.3, -0.25) is 4.79 Å². The zero-order valence-corrected chi connectivity index (χ0v) is 9.08. The molecule has 1 aromatic rings. The third kappa shape index (κ3) is 2.13. The zero-order chi connectivity index (χ0) is 10.6. The largest absolute Gasteiger partial charge is 0.372 e. The highest BCUT2D eigenvalue weighted by Gasteiger charge is 2.03. The van der Waals surface area contributed by atoms with Crippen LogP contribution in [0.2, 0.25) is 0 Å². The standard InChI is InChI=1S/C12H17NO/c1-4-13(5-2)12-7-6-11(9-14)10(3)8-12/h6-9H,4-5H2,1-3H3. The van der Waals surface area contributed by atoms with Crippen LogP contribution in [0.1, 0.15) is 29.8 Å². The smallest absolute Gasteiger partial charge is 0.150 e. The van der Waals surface area contributed by atoms with E-state index >= 15 is 0 Å². The molecule has 2 nitrogen and oxygen atoms in total. The lowest BCUT2D eigenvalue weighted by molar-refractivity contribution is 0.112. The molecule has 0 aliphatic heterocycles. The van der Waals surface area contributed by atoms with Crippen molar-refractivity contribution in [2.45, 2.75) is 20.8 Å². The van der Waals surface area contributed by atoms with Crippen LogP contribution in [0.3, 0.4) is 0 Å². The Morgan fingerprint density at radius 2 is 1.93 bits per heavy atom. The molecule has 0 heterocycles. The van der Waals surface area contributed by atoms with Crippen LogP contribution in [0.15, 0.2) is 18.2 Å². The number of benzene rings is 1. The van der Waals surface area contributed by atoms with E-state index in [4.69, 9.17) is 0 Å². The van der Waals surface area contributed by atoms with Gasteiger partial charge in [-0.25, -0.2) is 0 Å². The Morgan fingerprint density at radius 1 is 1.29 bits per heavy atom. The Bertz CT molecular complexity index is 316. The highest BCUT2D eigenvalue weighted by atomic mass is 16.1. The summed E-state index contributed by atoms with van der Waals surface area (Å²) in [5.41, 5.74) is 3.02. The van der Waals surface area contributed by atoms with Crippen molar-refractivity contribution in [1.82, 2.24) is 0 Å². The monoisotopic (exact) mass is 191 g/mol. The first-order valence-electron chi connectivity index (χ1n) is 5.03. The summed E-state index contributed by atoms with van der Waals surface area (Å²) < 4.78 is 0. The summed E-state index contributed by atoms with van der Waals surface area (Å²) in [6.45, 7) is 8.22. The molecule has 0 atom stereocenters. The number of anilines is 1. The molecule has 0 spiro atoms. The molecule has 0 saturated carbocycles. The molecule has 76 valence electrons. The van der Waals surface area contributed by atoms with Gasteiger partial charge in [-0.05, 0) is 44.5 Å². The molecule has 0 aromatic heterocycles. The second-order valence-corrected chi connectivity index (χ2v) is 3.33. The Balaban J connectivity index is 3.00. The van der Waals surface area contributed by atoms with E-state index in [0.29, 0.717) is 0 Å². The third-order valence-corrected chi connectivity index (χ3v) is 2.51. The summed E-state index contributed by atoms with van der Waals surface area (Å²) in [4.78, 5) is 12.9. The number of aldehydes is 1. The minimum absolute atomic E-state index is 0.779. The van der Waals surface area contributed by atoms with E-state index in [-0.39, 0.29) is 0 Å². The van der Waals surface area contributed by atoms with Crippen molar-refractivity contribution in [3.63, 3.8) is 0 Å². The van der Waals surface area contributed by atoms with Crippen LogP contribution in [0.5, 0.6) is 0 Å². The van der Waals surface area contributed by atoms with Crippen molar-refractivity contribution in [1.29, 1.82) is 0 Å². The van der Waals surface area contributed by atoms with Crippen molar-refractivity contribution >= 4 is 12.0 Å². The quantitative estimate of drug-likeness (QED) is 0.682. The van der Waals surface area contributed by atoms with E-state index in [0.717, 1.165) is 30.5 Å². The topological polar surface area (TPSA) is 20.3 Å². The first-order valence-corrected chi connectivity index (χ1v) is 5.03. The number of rotatable bonds is 4. The van der Waals surface area contributed by atoms with E-state index in [2.05, 4.69) is 24.8 Å². The van der Waals surface area contributed by atoms with Crippen LogP contribution >= 0.6 is 0 Å². The molecular weight excluding hydrogens is 174 g/mol. The molecule has 0 unspecified atom stereocenters. The third-order valence-electron chi connectivity index (χ3n) is 2.51. The van der Waals surface area contributed by atoms with E-state index in [9.17, 15) is 4.79 Å². The summed E-state index contributed by atoms with van der Waals surface area (Å²) >= 11 is 0. The van der Waals surface area contributed by atoms with Gasteiger partial charge in [-0.1, -0.05) is 0 Å². The lowest BCUT2D eigenvalue weighted by atomic mass is 10.1. The molecule has 0 fully saturated rings. The molecule has 0 aliphatic carbocycles. The Labute approximate surface area is 85.5 Å². The van der Waals surface area contributed by atoms with Crippen molar-refractivity contribution in [3.05, 3.63) is 29.3 Å². The number of aryl methyl sites for hydroxylation is 1. The second-order valence-electron chi connectivity index (χ2n) is 3.33. The van der Waals surface area contributed by atoms with Gasteiger partial charge in [0.25, 0.3) is 0 Å². The van der Waals surface area contributed by atoms with Gasteiger partial charge in [-0.15, -0.1) is 0 Å². The molecule has 0 saturated heterocycles. The predicted molar refractivity (Wildman–Crippen MR) is 60.1 cm³/mol. The Hall–Kier alpha value is -1.31. The zero-order valence-electron chi connectivity index (χ0n) is 9.08. The highest BCUT2D eigenvalue weighted by molar-refractivity contribution is 5.78. The molecule has 0 amide bonds. The summed E-state index contributed by atoms with van der Waals surface area (Å²) in [6.07, 6.45) is 0.904. The van der Waals surface area contributed by atoms with Gasteiger partial charge in [0, 0.05) is 24.3 Å². The molecule has 2 heteroatoms. The van der Waals surface area contributed by atoms with Crippen molar-refractivity contribution in [3.8, 4) is 0 Å². The van der Waals surface area contributed by atoms with Gasteiger partial charge < -0.3 is 4.90 Å². The van der Waals surface area contributed by atoms with Gasteiger partial charge >= 0.3 is 0 Å². The maximum Gasteiger partial charge on any atom is 0.150 e. The summed E-state index contributed by atoms with van der Waals surface area (Å²) in [6, 6.07) is 5.95. The molecule has 14 heavy (non-hydrogen) atoms. The summed E-state index contributed by atoms with van der Waals surface area (Å²) in [5.74, 6) is 0. The first kappa shape index (κ1) is 10.8. The number of carbonyl (C=O) groups excluding carboxylic acids is 1. The van der Waals surface area contributed by atoms with Crippen molar-refractivity contribution < 1.29 is 4.79 Å². The van der Waals surface area contributed by atoms with E-state index in [1.807, 2.05) is 19.1 Å². The SMILES string of the molecule is CCN(CC)c1ccc(C=O)c(C)c1. The molecule has 0 aliphatic rings. The molecule has 0 N–H and O–H groups in total. The molecular formula is C12H17NO. The van der Waals surface area contributed by atoms with Crippen molar-refractivity contribution in [2.24, 2.45) is 0 Å². The van der Waals surface area contributed by atoms with Gasteiger partial charge in [0.1, 0.15) is 6.29 Å². The fraction of sp³-hybridized carbons (Fsp3) is 0.417. The fourth-order valence-electron chi connectivity index (χ4n) is 1.58. The van der Waals surface area contributed by atoms with Gasteiger partial charge in [0.05, 0.1) is 0 Å². The number of nitrogens with zero attached hydrogens (tertiary/aromatic N) is 1. The van der Waals surface area contributed by atoms with Gasteiger partial charge in [0.15, 0.2) is 0 Å². The average molecular weight is 191 g/mol. The van der Waals surface area contributed by atoms with Crippen LogP contribution in [0.25, 0.3) is 0 Å². The molecule has 0 bridgehead atoms. The Morgan fingerprint density at radius 3 is 2.36 bits per heavy atom. The van der Waals surface area contributed by atoms with Crippen LogP contribution in [0, 0.1) is 6.92 Å². The lowest BCUT2D eigenvalue weighted by Crippen LogP contribution is -2.21. The fourth-order valence-corrected chi connectivity index (χ4v) is 1.58. The molecule has 0 radical (unpaired) electrons. The Kier molecular flexibility index (Phi) is 3.69. The van der Waals surface area contributed by atoms with Crippen LogP contribution in [-0.4, -0.2) is 19.4 Å². The van der Waals surface area contributed by atoms with E-state index in [1.54, 1.807) is 0 Å². The molecule has 1 aromatic carbocycles. The first-order chi connectivity index (χ1) is 6.72. The van der Waals surface area contributed by atoms with Gasteiger partial charge in [-0.2, -0.15) is 0 Å². The van der Waals surface area contributed by atoms with Crippen LogP contribution in [-0.2, 0) is 0 Å². The second kappa shape index (κ2) is 4.80. The number of carbonyl (C=O) groups is 1. The average Bonchev–Trinajstić information content (AvgIpc) is 2.20. The number of hydrogen-bond acceptors (Lipinski definition) is 2. The molecule has 1 rings (SSSR count). The number of hydrogen-bond donors (Lipinski definition) is 0. The predicted octanol–water partition coefficient (Wildman–Crippen LogP) is 2.65. The summed E-state index contributed by atoms with van der Waals surface area (Å²) in [5, 5.41) is 0. The minimum atomic E-state index is 0.779. The van der Waals surface area contributed by atoms with E-state index < -0.39 is 0 Å².